The summed E-state index contributed by atoms with van der Waals surface area (Å²) in [5.41, 5.74) is 2.44. The van der Waals surface area contributed by atoms with E-state index in [0.717, 1.165) is 12.8 Å². The third kappa shape index (κ3) is 2.09. The average Bonchev–Trinajstić information content (AvgIpc) is 2.87. The van der Waals surface area contributed by atoms with Crippen molar-refractivity contribution in [3.8, 4) is 5.95 Å². The third-order valence-corrected chi connectivity index (χ3v) is 2.90. The summed E-state index contributed by atoms with van der Waals surface area (Å²) in [6.07, 6.45) is 6.97. The Balaban J connectivity index is 1.90. The van der Waals surface area contributed by atoms with Gasteiger partial charge in [0.15, 0.2) is 0 Å². The van der Waals surface area contributed by atoms with Crippen LogP contribution in [0.25, 0.3) is 5.95 Å². The van der Waals surface area contributed by atoms with Gasteiger partial charge in [0.2, 0.25) is 11.9 Å². The van der Waals surface area contributed by atoms with E-state index in [0.29, 0.717) is 23.9 Å². The van der Waals surface area contributed by atoms with Gasteiger partial charge >= 0.3 is 0 Å². The Morgan fingerprint density at radius 3 is 2.67 bits per heavy atom. The van der Waals surface area contributed by atoms with Crippen LogP contribution in [0.15, 0.2) is 18.5 Å². The van der Waals surface area contributed by atoms with Crippen LogP contribution in [0.2, 0.25) is 0 Å². The van der Waals surface area contributed by atoms with Crippen molar-refractivity contribution in [1.29, 1.82) is 0 Å². The minimum absolute atomic E-state index is 0.317. The molecule has 94 valence electrons. The second-order valence-electron chi connectivity index (χ2n) is 4.15. The molecule has 0 aromatic carbocycles. The summed E-state index contributed by atoms with van der Waals surface area (Å²) in [5, 5.41) is 7.34. The van der Waals surface area contributed by atoms with Crippen LogP contribution in [-0.4, -0.2) is 30.8 Å². The lowest BCUT2D eigenvalue weighted by Gasteiger charge is -2.26. The number of nitrogens with zero attached hydrogens (tertiary/aromatic N) is 5. The molecule has 2 heterocycles. The van der Waals surface area contributed by atoms with Gasteiger partial charge in [-0.1, -0.05) is 0 Å². The van der Waals surface area contributed by atoms with Gasteiger partial charge in [0, 0.05) is 18.4 Å². The fourth-order valence-corrected chi connectivity index (χ4v) is 1.72. The van der Waals surface area contributed by atoms with Gasteiger partial charge in [0.25, 0.3) is 5.95 Å². The lowest BCUT2D eigenvalue weighted by Crippen LogP contribution is -2.28. The molecule has 0 saturated heterocycles. The zero-order chi connectivity index (χ0) is 12.4. The van der Waals surface area contributed by atoms with Gasteiger partial charge in [-0.05, 0) is 25.3 Å². The number of rotatable bonds is 4. The number of nitrogens with two attached hydrogens (primary N) is 1. The molecule has 0 bridgehead atoms. The van der Waals surface area contributed by atoms with Crippen LogP contribution < -0.4 is 16.6 Å². The number of hydrogen-bond acceptors (Lipinski definition) is 7. The van der Waals surface area contributed by atoms with Crippen molar-refractivity contribution in [2.24, 2.45) is 5.84 Å². The van der Waals surface area contributed by atoms with E-state index in [1.54, 1.807) is 23.1 Å². The highest BCUT2D eigenvalue weighted by molar-refractivity contribution is 5.37. The normalized spacial score (nSPS) is 15.2. The first-order chi connectivity index (χ1) is 8.85. The summed E-state index contributed by atoms with van der Waals surface area (Å²) < 4.78 is 1.56. The van der Waals surface area contributed by atoms with E-state index >= 15 is 0 Å². The molecule has 0 aliphatic heterocycles. The van der Waals surface area contributed by atoms with Gasteiger partial charge in [0.05, 0.1) is 0 Å². The Labute approximate surface area is 104 Å². The Hall–Kier alpha value is -2.22. The van der Waals surface area contributed by atoms with E-state index in [1.165, 1.54) is 6.42 Å². The maximum atomic E-state index is 5.36. The molecular weight excluding hydrogens is 232 g/mol. The van der Waals surface area contributed by atoms with Gasteiger partial charge in [-0.25, -0.2) is 10.5 Å². The standard InChI is InChI=1S/C10H14N8/c11-17-9-14-8(13-7-3-1-4-7)15-10(16-9)18-6-2-5-12-18/h2,5-7H,1,3-4,11H2,(H2,13,14,15,16,17). The highest BCUT2D eigenvalue weighted by atomic mass is 15.4. The summed E-state index contributed by atoms with van der Waals surface area (Å²) in [4.78, 5) is 12.6. The number of anilines is 2. The van der Waals surface area contributed by atoms with Crippen molar-refractivity contribution in [2.45, 2.75) is 25.3 Å². The lowest BCUT2D eigenvalue weighted by molar-refractivity contribution is 0.443. The number of nitrogens with one attached hydrogen (secondary N) is 2. The van der Waals surface area contributed by atoms with Crippen LogP contribution in [0.4, 0.5) is 11.9 Å². The molecule has 1 fully saturated rings. The minimum Gasteiger partial charge on any atom is -0.351 e. The molecule has 2 aromatic rings. The Morgan fingerprint density at radius 1 is 1.22 bits per heavy atom. The summed E-state index contributed by atoms with van der Waals surface area (Å²) in [5.74, 6) is 6.63. The zero-order valence-electron chi connectivity index (χ0n) is 9.74. The molecule has 1 aliphatic rings. The number of hydrogen-bond donors (Lipinski definition) is 3. The lowest BCUT2D eigenvalue weighted by atomic mass is 9.93. The summed E-state index contributed by atoms with van der Waals surface area (Å²) in [6, 6.07) is 2.25. The molecule has 0 spiro atoms. The van der Waals surface area contributed by atoms with E-state index in [4.69, 9.17) is 5.84 Å². The predicted molar refractivity (Wildman–Crippen MR) is 66.0 cm³/mol. The average molecular weight is 246 g/mol. The van der Waals surface area contributed by atoms with Crippen molar-refractivity contribution < 1.29 is 0 Å². The molecule has 2 aromatic heterocycles. The quantitative estimate of drug-likeness (QED) is 0.526. The van der Waals surface area contributed by atoms with Gasteiger partial charge < -0.3 is 5.32 Å². The van der Waals surface area contributed by atoms with E-state index < -0.39 is 0 Å². The predicted octanol–water partition coefficient (Wildman–Crippen LogP) is 0.307. The molecule has 0 amide bonds. The first-order valence-electron chi connectivity index (χ1n) is 5.84. The summed E-state index contributed by atoms with van der Waals surface area (Å²) >= 11 is 0. The topological polar surface area (TPSA) is 107 Å². The SMILES string of the molecule is NNc1nc(NC2CCC2)nc(-n2cccn2)n1. The van der Waals surface area contributed by atoms with Gasteiger partial charge in [-0.3, -0.25) is 5.43 Å². The molecule has 8 heteroatoms. The molecule has 0 radical (unpaired) electrons. The number of hydrazine groups is 1. The number of nitrogen functional groups attached to an aromatic ring is 1. The van der Waals surface area contributed by atoms with Gasteiger partial charge in [-0.2, -0.15) is 20.1 Å². The zero-order valence-corrected chi connectivity index (χ0v) is 9.74. The molecule has 3 rings (SSSR count). The van der Waals surface area contributed by atoms with Crippen molar-refractivity contribution in [3.63, 3.8) is 0 Å². The summed E-state index contributed by atoms with van der Waals surface area (Å²) in [7, 11) is 0. The van der Waals surface area contributed by atoms with Crippen molar-refractivity contribution in [1.82, 2.24) is 24.7 Å². The van der Waals surface area contributed by atoms with E-state index in [1.807, 2.05) is 0 Å². The molecule has 18 heavy (non-hydrogen) atoms. The van der Waals surface area contributed by atoms with Crippen LogP contribution in [-0.2, 0) is 0 Å². The van der Waals surface area contributed by atoms with E-state index in [9.17, 15) is 0 Å². The highest BCUT2D eigenvalue weighted by Crippen LogP contribution is 2.22. The maximum Gasteiger partial charge on any atom is 0.257 e. The second-order valence-corrected chi connectivity index (χ2v) is 4.15. The van der Waals surface area contributed by atoms with Crippen LogP contribution in [0.1, 0.15) is 19.3 Å². The molecule has 1 aliphatic carbocycles. The second kappa shape index (κ2) is 4.57. The van der Waals surface area contributed by atoms with Crippen LogP contribution in [0.3, 0.4) is 0 Å². The largest absolute Gasteiger partial charge is 0.351 e. The fraction of sp³-hybridized carbons (Fsp3) is 0.400. The van der Waals surface area contributed by atoms with Crippen LogP contribution >= 0.6 is 0 Å². The Bertz CT molecular complexity index is 519. The molecule has 0 atom stereocenters. The van der Waals surface area contributed by atoms with Crippen LogP contribution in [0.5, 0.6) is 0 Å². The van der Waals surface area contributed by atoms with Crippen LogP contribution in [0, 0.1) is 0 Å². The molecule has 8 nitrogen and oxygen atoms in total. The first kappa shape index (κ1) is 10.9. The third-order valence-electron chi connectivity index (χ3n) is 2.90. The molecule has 1 saturated carbocycles. The summed E-state index contributed by atoms with van der Waals surface area (Å²) in [6.45, 7) is 0. The molecule has 4 N–H and O–H groups in total. The Morgan fingerprint density at radius 2 is 2.06 bits per heavy atom. The van der Waals surface area contributed by atoms with Crippen molar-refractivity contribution in [3.05, 3.63) is 18.5 Å². The van der Waals surface area contributed by atoms with Crippen molar-refractivity contribution >= 4 is 11.9 Å². The fourth-order valence-electron chi connectivity index (χ4n) is 1.72. The van der Waals surface area contributed by atoms with Crippen molar-refractivity contribution in [2.75, 3.05) is 10.7 Å². The van der Waals surface area contributed by atoms with Gasteiger partial charge in [0.1, 0.15) is 0 Å². The minimum atomic E-state index is 0.317. The number of aromatic nitrogens is 5. The smallest absolute Gasteiger partial charge is 0.257 e. The van der Waals surface area contributed by atoms with Gasteiger partial charge in [-0.15, -0.1) is 0 Å². The maximum absolute atomic E-state index is 5.36. The van der Waals surface area contributed by atoms with E-state index in [2.05, 4.69) is 30.8 Å². The highest BCUT2D eigenvalue weighted by Gasteiger charge is 2.19. The van der Waals surface area contributed by atoms with E-state index in [-0.39, 0.29) is 0 Å². The Kier molecular flexibility index (Phi) is 2.77. The first-order valence-corrected chi connectivity index (χ1v) is 5.84. The molecular formula is C10H14N8. The molecule has 0 unspecified atom stereocenters. The monoisotopic (exact) mass is 246 g/mol.